The Hall–Kier alpha value is -8.92. The van der Waals surface area contributed by atoms with Crippen molar-refractivity contribution in [2.45, 2.75) is 170 Å². The molecule has 6 aromatic rings. The van der Waals surface area contributed by atoms with Crippen LogP contribution in [0.4, 0.5) is 13.2 Å². The molecule has 6 aliphatic rings. The van der Waals surface area contributed by atoms with Crippen LogP contribution in [0.15, 0.2) is 97.1 Å². The molecule has 25 heteroatoms. The Bertz CT molecular complexity index is 4090. The van der Waals surface area contributed by atoms with Gasteiger partial charge in [0.25, 0.3) is 0 Å². The van der Waals surface area contributed by atoms with Gasteiger partial charge in [0.05, 0.1) is 84.7 Å². The van der Waals surface area contributed by atoms with E-state index in [1.807, 2.05) is 72.9 Å². The van der Waals surface area contributed by atoms with Crippen LogP contribution in [0.5, 0.6) is 34.5 Å². The molecule has 8 N–H and O–H groups in total. The Labute approximate surface area is 590 Å². The van der Waals surface area contributed by atoms with Crippen LogP contribution in [-0.4, -0.2) is 149 Å². The van der Waals surface area contributed by atoms with E-state index < -0.39 is 167 Å². The molecule has 0 saturated carbocycles. The first-order chi connectivity index (χ1) is 46.7. The lowest BCUT2D eigenvalue weighted by Crippen LogP contribution is -2.53. The zero-order chi connectivity index (χ0) is 70.6. The second kappa shape index (κ2) is 32.2. The lowest BCUT2D eigenvalue weighted by Gasteiger charge is -2.42. The molecule has 550 valence electrons. The summed E-state index contributed by atoms with van der Waals surface area (Å²) in [4.78, 5) is 94.9. The highest BCUT2D eigenvalue weighted by Gasteiger charge is 2.50. The number of aliphatic hydroxyl groups excluding tert-OH is 2. The van der Waals surface area contributed by atoms with E-state index in [4.69, 9.17) is 43.6 Å². The minimum absolute atomic E-state index is 0. The first-order valence-electron chi connectivity index (χ1n) is 32.2. The normalized spacial score (nSPS) is 23.9. The number of aliphatic hydroxyl groups is 2. The van der Waals surface area contributed by atoms with Crippen LogP contribution in [0, 0.1) is 17.8 Å². The van der Waals surface area contributed by atoms with Gasteiger partial charge in [-0.15, -0.1) is 0 Å². The zero-order valence-corrected chi connectivity index (χ0v) is 54.6. The van der Waals surface area contributed by atoms with Crippen LogP contribution in [0.25, 0.3) is 0 Å². The van der Waals surface area contributed by atoms with Crippen molar-refractivity contribution in [2.24, 2.45) is 23.5 Å². The molecule has 0 unspecified atom stereocenters. The van der Waals surface area contributed by atoms with E-state index in [0.29, 0.717) is 5.56 Å². The van der Waals surface area contributed by atoms with Gasteiger partial charge in [-0.1, -0.05) is 122 Å². The molecule has 1 amide bonds. The summed E-state index contributed by atoms with van der Waals surface area (Å²) in [5.74, 6) is -9.28. The molecule has 12 atom stereocenters. The number of benzene rings is 6. The number of carbonyl (C=O) groups excluding carboxylic acids is 7. The Kier molecular flexibility index (Phi) is 25.4. The Morgan fingerprint density at radius 2 is 1.06 bits per heavy atom. The standard InChI is InChI=1S/C44H42F3NO10.C29H33NO10.4CH4/c1-22-23(2)57-33(20-29(22)48-42(54)44(45,46)47)58-32-19-24(30(49)21-56-43(3,25-12-7-5-8-13-25)26-14-9-6-10-15-26)18-28-35(32)41(53)37-36(39(28)51)38(50)27-16-11-17-31(55-4)34(27)40(37)52;1-4-38-29-15-8-13(17(32)11-31)9-19(40-20-10-16(30)25(33)12(2)39-20)22(15)28(36)23-24(29)26(34)14-6-5-7-18(37-3)21(14)27(23)35;;;;/h5-17,22-24,29,32-33,51,53H,18-21H2,1-4H3,(H,48,54);5-7,12-13,16,19-20,25,31,33,36H,4,8-11,30H2,1-3H3;4*1H4/t22-,23-,24+,29-,32-,33-;12-,13+,16-,19-,20-,25-;;;;/m00..../s1. The van der Waals surface area contributed by atoms with Crippen molar-refractivity contribution in [3.63, 3.8) is 0 Å². The number of rotatable bonds is 17. The fourth-order valence-corrected chi connectivity index (χ4v) is 14.3. The van der Waals surface area contributed by atoms with Crippen LogP contribution in [0.1, 0.15) is 199 Å². The maximum Gasteiger partial charge on any atom is 0.471 e. The molecule has 12 rings (SSSR count). The molecule has 6 aromatic carbocycles. The topological polar surface area (TPSA) is 333 Å². The Balaban J connectivity index is 0.000000292. The van der Waals surface area contributed by atoms with E-state index >= 15 is 0 Å². The number of aromatic hydroxyl groups is 3. The number of hydrogen-bond donors (Lipinski definition) is 7. The maximum atomic E-state index is 14.3. The second-order valence-electron chi connectivity index (χ2n) is 25.4. The van der Waals surface area contributed by atoms with Crippen molar-refractivity contribution in [1.29, 1.82) is 0 Å². The Morgan fingerprint density at radius 1 is 0.598 bits per heavy atom. The van der Waals surface area contributed by atoms with Crippen LogP contribution in [0.3, 0.4) is 0 Å². The molecule has 2 fully saturated rings. The number of amides is 1. The van der Waals surface area contributed by atoms with E-state index in [-0.39, 0.29) is 142 Å². The van der Waals surface area contributed by atoms with E-state index in [0.717, 1.165) is 11.1 Å². The monoisotopic (exact) mass is 1420 g/mol. The van der Waals surface area contributed by atoms with Crippen LogP contribution in [-0.2, 0) is 56.5 Å². The summed E-state index contributed by atoms with van der Waals surface area (Å²) in [7, 11) is 2.70. The van der Waals surface area contributed by atoms with E-state index in [1.165, 1.54) is 38.5 Å². The third-order valence-electron chi connectivity index (χ3n) is 19.7. The summed E-state index contributed by atoms with van der Waals surface area (Å²) in [6.45, 7) is 7.47. The van der Waals surface area contributed by atoms with Crippen molar-refractivity contribution in [3.05, 3.63) is 175 Å². The number of Topliss-reactive ketones (excluding diaryl/α,β-unsaturated/α-hetero) is 2. The lowest BCUT2D eigenvalue weighted by atomic mass is 9.73. The van der Waals surface area contributed by atoms with Gasteiger partial charge in [-0.3, -0.25) is 33.6 Å². The minimum atomic E-state index is -5.14. The summed E-state index contributed by atoms with van der Waals surface area (Å²) in [6.07, 6.45) is -12.1. The highest BCUT2D eigenvalue weighted by atomic mass is 19.4. The van der Waals surface area contributed by atoms with Crippen molar-refractivity contribution in [3.8, 4) is 34.5 Å². The second-order valence-corrected chi connectivity index (χ2v) is 25.4. The molecule has 22 nitrogen and oxygen atoms in total. The number of ether oxygens (including phenoxy) is 8. The summed E-state index contributed by atoms with van der Waals surface area (Å²) in [5.41, 5.74) is 5.77. The van der Waals surface area contributed by atoms with Gasteiger partial charge >= 0.3 is 12.1 Å². The first kappa shape index (κ1) is 80.4. The number of nitrogens with two attached hydrogens (primary N) is 1. The number of methoxy groups -OCH3 is 2. The fraction of sp³-hybridized carbons (Fsp3) is 0.442. The molecule has 2 heterocycles. The van der Waals surface area contributed by atoms with Crippen molar-refractivity contribution < 1.29 is 110 Å². The number of halogens is 3. The number of nitrogens with one attached hydrogen (secondary N) is 1. The van der Waals surface area contributed by atoms with Gasteiger partial charge in [-0.05, 0) is 76.6 Å². The largest absolute Gasteiger partial charge is 0.507 e. The average Bonchev–Trinajstić information content (AvgIpc) is 0.720. The van der Waals surface area contributed by atoms with E-state index in [9.17, 15) is 72.3 Å². The van der Waals surface area contributed by atoms with Gasteiger partial charge in [0.2, 0.25) is 11.6 Å². The number of phenolic OH excluding ortho intramolecular Hbond substituents is 3. The molecule has 2 saturated heterocycles. The van der Waals surface area contributed by atoms with Gasteiger partial charge in [-0.2, -0.15) is 13.2 Å². The highest BCUT2D eigenvalue weighted by molar-refractivity contribution is 6.32. The summed E-state index contributed by atoms with van der Waals surface area (Å²) in [6, 6.07) is 26.0. The van der Waals surface area contributed by atoms with Crippen LogP contribution in [0.2, 0.25) is 0 Å². The molecular weight excluding hydrogens is 1330 g/mol. The number of alkyl halides is 3. The minimum Gasteiger partial charge on any atom is -0.507 e. The first-order valence-corrected chi connectivity index (χ1v) is 32.2. The summed E-state index contributed by atoms with van der Waals surface area (Å²) < 4.78 is 87.6. The lowest BCUT2D eigenvalue weighted by molar-refractivity contribution is -0.243. The molecule has 102 heavy (non-hydrogen) atoms. The third kappa shape index (κ3) is 14.7. The average molecular weight is 1420 g/mol. The summed E-state index contributed by atoms with van der Waals surface area (Å²) >= 11 is 0. The van der Waals surface area contributed by atoms with Gasteiger partial charge in [0.15, 0.2) is 35.7 Å². The molecule has 0 aromatic heterocycles. The number of carbonyl (C=O) groups is 7. The third-order valence-corrected chi connectivity index (χ3v) is 19.7. The maximum absolute atomic E-state index is 14.3. The molecule has 0 spiro atoms. The van der Waals surface area contributed by atoms with E-state index in [1.54, 1.807) is 39.8 Å². The van der Waals surface area contributed by atoms with Gasteiger partial charge in [0.1, 0.15) is 53.3 Å². The van der Waals surface area contributed by atoms with Crippen molar-refractivity contribution in [2.75, 3.05) is 34.0 Å². The number of phenols is 3. The van der Waals surface area contributed by atoms with Gasteiger partial charge < -0.3 is 74.5 Å². The quantitative estimate of drug-likeness (QED) is 0.0416. The molecule has 0 bridgehead atoms. The van der Waals surface area contributed by atoms with Gasteiger partial charge in [-0.25, -0.2) is 0 Å². The number of fused-ring (bicyclic) bond motifs is 6. The predicted molar refractivity (Wildman–Crippen MR) is 368 cm³/mol. The zero-order valence-electron chi connectivity index (χ0n) is 54.6. The predicted octanol–water partition coefficient (Wildman–Crippen LogP) is 11.0. The number of ketones is 6. The Morgan fingerprint density at radius 3 is 1.55 bits per heavy atom. The van der Waals surface area contributed by atoms with Crippen LogP contribution < -0.4 is 25.3 Å². The molecular formula is C77H91F3N2O20. The smallest absolute Gasteiger partial charge is 0.471 e. The highest BCUT2D eigenvalue weighted by Crippen LogP contribution is 2.55. The van der Waals surface area contributed by atoms with E-state index in [2.05, 4.69) is 0 Å². The van der Waals surface area contributed by atoms with Crippen molar-refractivity contribution in [1.82, 2.24) is 5.32 Å². The molecule has 4 aliphatic carbocycles. The van der Waals surface area contributed by atoms with Gasteiger partial charge in [0, 0.05) is 76.1 Å². The molecule has 0 radical (unpaired) electrons. The fourth-order valence-electron chi connectivity index (χ4n) is 14.3. The number of hydrogen-bond acceptors (Lipinski definition) is 21. The summed E-state index contributed by atoms with van der Waals surface area (Å²) in [5, 5.41) is 57.5. The van der Waals surface area contributed by atoms with Crippen molar-refractivity contribution >= 4 is 40.6 Å². The molecule has 2 aliphatic heterocycles. The van der Waals surface area contributed by atoms with Crippen LogP contribution >= 0.6 is 0 Å². The SMILES string of the molecule is C.C.C.C.CCOc1c2c(c(O)c3c1C(=O)c1cccc(OC)c1C3=O)[C@@H](O[C@H]1C[C@H](N)[C@@H](O)[C@H](C)O1)C[C@H](C(=O)CO)C2.COc1cccc2c1C(=O)c1c(O)c3c(c(O)c1C2=O)C[C@@H](C(=O)COC(C)(c1ccccc1)c1ccccc1)C[C@@H]3O[C@H]1C[C@H](NC(=O)C(F)(F)F)[C@@H](C)[C@H](C)O1.